The summed E-state index contributed by atoms with van der Waals surface area (Å²) in [5, 5.41) is 6.56. The predicted molar refractivity (Wildman–Crippen MR) is 78.3 cm³/mol. The number of nitrogens with one attached hydrogen (secondary N) is 1. The maximum absolute atomic E-state index is 12.0. The molecule has 0 saturated carbocycles. The summed E-state index contributed by atoms with van der Waals surface area (Å²) < 4.78 is 68.6. The van der Waals surface area contributed by atoms with E-state index in [9.17, 15) is 31.2 Å². The van der Waals surface area contributed by atoms with E-state index in [1.54, 1.807) is 5.32 Å². The SMILES string of the molecule is COc1ccc(C(=O)O[C@@H](C)C(=O)NCC(F)(F)F)cc1S(N)(=O)=O. The molecule has 8 nitrogen and oxygen atoms in total. The van der Waals surface area contributed by atoms with Gasteiger partial charge >= 0.3 is 12.1 Å². The lowest BCUT2D eigenvalue weighted by molar-refractivity contribution is -0.143. The molecule has 0 bridgehead atoms. The number of primary sulfonamides is 1. The van der Waals surface area contributed by atoms with Gasteiger partial charge in [-0.15, -0.1) is 0 Å². The van der Waals surface area contributed by atoms with E-state index in [2.05, 4.69) is 0 Å². The van der Waals surface area contributed by atoms with Crippen molar-refractivity contribution in [1.82, 2.24) is 5.32 Å². The van der Waals surface area contributed by atoms with E-state index in [4.69, 9.17) is 14.6 Å². The number of rotatable bonds is 6. The molecule has 1 amide bonds. The second kappa shape index (κ2) is 7.70. The Morgan fingerprint density at radius 3 is 2.40 bits per heavy atom. The van der Waals surface area contributed by atoms with Crippen LogP contribution in [-0.4, -0.2) is 46.2 Å². The summed E-state index contributed by atoms with van der Waals surface area (Å²) in [6, 6.07) is 3.16. The first-order valence-corrected chi connectivity index (χ1v) is 8.16. The average molecular weight is 384 g/mol. The largest absolute Gasteiger partial charge is 0.495 e. The van der Waals surface area contributed by atoms with Gasteiger partial charge in [-0.05, 0) is 25.1 Å². The number of halogens is 3. The molecule has 140 valence electrons. The number of alkyl halides is 3. The molecule has 0 radical (unpaired) electrons. The van der Waals surface area contributed by atoms with Gasteiger partial charge in [-0.1, -0.05) is 0 Å². The van der Waals surface area contributed by atoms with Gasteiger partial charge in [-0.3, -0.25) is 4.79 Å². The second-order valence-corrected chi connectivity index (χ2v) is 6.32. The van der Waals surface area contributed by atoms with Crippen LogP contribution in [0.3, 0.4) is 0 Å². The molecule has 0 saturated heterocycles. The molecule has 0 spiro atoms. The van der Waals surface area contributed by atoms with E-state index >= 15 is 0 Å². The molecule has 0 aromatic heterocycles. The van der Waals surface area contributed by atoms with Gasteiger partial charge in [0.1, 0.15) is 17.2 Å². The zero-order valence-corrected chi connectivity index (χ0v) is 13.9. The first-order chi connectivity index (χ1) is 11.3. The Labute approximate surface area is 141 Å². The number of sulfonamides is 1. The summed E-state index contributed by atoms with van der Waals surface area (Å²) in [5.74, 6) is -2.40. The molecular formula is C13H15F3N2O6S. The number of benzene rings is 1. The molecule has 1 atom stereocenters. The lowest BCUT2D eigenvalue weighted by Crippen LogP contribution is -2.40. The van der Waals surface area contributed by atoms with E-state index in [0.29, 0.717) is 0 Å². The van der Waals surface area contributed by atoms with Crippen molar-refractivity contribution in [3.63, 3.8) is 0 Å². The van der Waals surface area contributed by atoms with Crippen molar-refractivity contribution < 1.29 is 40.7 Å². The first-order valence-electron chi connectivity index (χ1n) is 6.61. The number of esters is 1. The van der Waals surface area contributed by atoms with Crippen molar-refractivity contribution in [3.8, 4) is 5.75 Å². The summed E-state index contributed by atoms with van der Waals surface area (Å²) in [6.07, 6.45) is -6.14. The highest BCUT2D eigenvalue weighted by Gasteiger charge is 2.29. The van der Waals surface area contributed by atoms with Gasteiger partial charge in [-0.2, -0.15) is 13.2 Å². The third kappa shape index (κ3) is 6.23. The fourth-order valence-corrected chi connectivity index (χ4v) is 2.36. The molecule has 0 heterocycles. The Morgan fingerprint density at radius 2 is 1.92 bits per heavy atom. The molecule has 3 N–H and O–H groups in total. The number of amides is 1. The summed E-state index contributed by atoms with van der Waals surface area (Å²) >= 11 is 0. The minimum Gasteiger partial charge on any atom is -0.495 e. The number of carbonyl (C=O) groups excluding carboxylic acids is 2. The molecular weight excluding hydrogens is 369 g/mol. The minimum atomic E-state index is -4.61. The number of methoxy groups -OCH3 is 1. The normalized spacial score (nSPS) is 13.0. The molecule has 0 unspecified atom stereocenters. The van der Waals surface area contributed by atoms with Gasteiger partial charge in [0.25, 0.3) is 5.91 Å². The molecule has 0 aliphatic rings. The minimum absolute atomic E-state index is 0.116. The van der Waals surface area contributed by atoms with Gasteiger partial charge in [-0.25, -0.2) is 18.4 Å². The Balaban J connectivity index is 2.89. The maximum atomic E-state index is 12.0. The summed E-state index contributed by atoms with van der Waals surface area (Å²) in [5.41, 5.74) is -0.278. The Bertz CT molecular complexity index is 764. The fraction of sp³-hybridized carbons (Fsp3) is 0.385. The van der Waals surface area contributed by atoms with Crippen LogP contribution in [0.15, 0.2) is 23.1 Å². The summed E-state index contributed by atoms with van der Waals surface area (Å²) in [4.78, 5) is 22.9. The molecule has 0 aliphatic carbocycles. The van der Waals surface area contributed by atoms with Crippen molar-refractivity contribution >= 4 is 21.9 Å². The van der Waals surface area contributed by atoms with Crippen molar-refractivity contribution in [2.24, 2.45) is 5.14 Å². The van der Waals surface area contributed by atoms with Crippen molar-refractivity contribution in [2.75, 3.05) is 13.7 Å². The number of hydrogen-bond acceptors (Lipinski definition) is 6. The third-order valence-corrected chi connectivity index (χ3v) is 3.75. The van der Waals surface area contributed by atoms with Gasteiger partial charge in [0, 0.05) is 0 Å². The smallest absolute Gasteiger partial charge is 0.405 e. The highest BCUT2D eigenvalue weighted by Crippen LogP contribution is 2.24. The quantitative estimate of drug-likeness (QED) is 0.691. The molecule has 0 fully saturated rings. The van der Waals surface area contributed by atoms with Crippen LogP contribution in [0, 0.1) is 0 Å². The van der Waals surface area contributed by atoms with Crippen LogP contribution in [0.25, 0.3) is 0 Å². The average Bonchev–Trinajstić information content (AvgIpc) is 2.50. The van der Waals surface area contributed by atoms with Crippen LogP contribution in [0.1, 0.15) is 17.3 Å². The molecule has 0 aliphatic heterocycles. The molecule has 1 aromatic rings. The highest BCUT2D eigenvalue weighted by molar-refractivity contribution is 7.89. The van der Waals surface area contributed by atoms with Gasteiger partial charge < -0.3 is 14.8 Å². The number of carbonyl (C=O) groups is 2. The van der Waals surface area contributed by atoms with E-state index < -0.39 is 45.6 Å². The number of hydrogen-bond donors (Lipinski definition) is 2. The van der Waals surface area contributed by atoms with Crippen LogP contribution < -0.4 is 15.2 Å². The maximum Gasteiger partial charge on any atom is 0.405 e. The summed E-state index contributed by atoms with van der Waals surface area (Å²) in [6.45, 7) is -0.514. The molecule has 1 rings (SSSR count). The van der Waals surface area contributed by atoms with E-state index in [1.807, 2.05) is 0 Å². The Morgan fingerprint density at radius 1 is 1.32 bits per heavy atom. The standard InChI is InChI=1S/C13H15F3N2O6S/c1-7(11(19)18-6-13(14,15)16)24-12(20)8-3-4-9(23-2)10(5-8)25(17,21)22/h3-5,7H,6H2,1-2H3,(H,18,19)(H2,17,21,22)/t7-/m0/s1. The number of nitrogens with two attached hydrogens (primary N) is 1. The van der Waals surface area contributed by atoms with Crippen LogP contribution >= 0.6 is 0 Å². The lowest BCUT2D eigenvalue weighted by atomic mass is 10.2. The van der Waals surface area contributed by atoms with Crippen molar-refractivity contribution in [1.29, 1.82) is 0 Å². The van der Waals surface area contributed by atoms with Gasteiger partial charge in [0.05, 0.1) is 12.7 Å². The Hall–Kier alpha value is -2.34. The van der Waals surface area contributed by atoms with Crippen molar-refractivity contribution in [2.45, 2.75) is 24.1 Å². The van der Waals surface area contributed by atoms with Crippen LogP contribution in [0.5, 0.6) is 5.75 Å². The van der Waals surface area contributed by atoms with Crippen LogP contribution in [0.2, 0.25) is 0 Å². The van der Waals surface area contributed by atoms with Crippen molar-refractivity contribution in [3.05, 3.63) is 23.8 Å². The first kappa shape index (κ1) is 20.7. The number of ether oxygens (including phenoxy) is 2. The zero-order chi connectivity index (χ0) is 19.4. The zero-order valence-electron chi connectivity index (χ0n) is 13.1. The van der Waals surface area contributed by atoms with E-state index in [1.165, 1.54) is 7.11 Å². The van der Waals surface area contributed by atoms with Crippen LogP contribution in [-0.2, 0) is 19.6 Å². The fourth-order valence-electron chi connectivity index (χ4n) is 1.64. The molecule has 1 aromatic carbocycles. The van der Waals surface area contributed by atoms with Crippen LogP contribution in [0.4, 0.5) is 13.2 Å². The van der Waals surface area contributed by atoms with E-state index in [-0.39, 0.29) is 11.3 Å². The van der Waals surface area contributed by atoms with Gasteiger partial charge in [0.15, 0.2) is 6.10 Å². The molecule has 25 heavy (non-hydrogen) atoms. The lowest BCUT2D eigenvalue weighted by Gasteiger charge is -2.15. The topological polar surface area (TPSA) is 125 Å². The van der Waals surface area contributed by atoms with E-state index in [0.717, 1.165) is 25.1 Å². The highest BCUT2D eigenvalue weighted by atomic mass is 32.2. The monoisotopic (exact) mass is 384 g/mol. The third-order valence-electron chi connectivity index (χ3n) is 2.82. The summed E-state index contributed by atoms with van der Waals surface area (Å²) in [7, 11) is -3.02. The second-order valence-electron chi connectivity index (χ2n) is 4.79. The molecule has 12 heteroatoms. The predicted octanol–water partition coefficient (Wildman–Crippen LogP) is 0.566. The van der Waals surface area contributed by atoms with Gasteiger partial charge in [0.2, 0.25) is 10.0 Å². The Kier molecular flexibility index (Phi) is 6.37.